The van der Waals surface area contributed by atoms with Crippen molar-refractivity contribution >= 4 is 146 Å². The SMILES string of the molecule is C=C1C[C@H]2CN(C(=O)CCOCCOCCNC(=O)C3SC4(C(C)C)N(I)C4(CCC)SC3C(=O)NCCOCCOCCC(=O)Nc3cc(C[C@@H](CC(C)C(=O)O)NC(=O)c4csc([C@@H](C[C@H](C(C)C)N(C)C(=O)[C@@H](NC(=O)[C@H]5CCCCN5C)[C@@H](C)CC)OC(C)=O)n4)ccc3O)c3cc(OCCCCCOc4cc5c(cc4OC)C(=O)N4CC(=C)C[C@H]4C=N5)c(OC)cc3C(=O)N2C1. The third-order valence-corrected chi connectivity index (χ3v) is 33.4. The van der Waals surface area contributed by atoms with Crippen molar-refractivity contribution in [1.29, 1.82) is 0 Å². The van der Waals surface area contributed by atoms with Gasteiger partial charge < -0.3 is 99.0 Å². The van der Waals surface area contributed by atoms with E-state index in [0.717, 1.165) is 61.1 Å². The van der Waals surface area contributed by atoms with E-state index in [4.69, 9.17) is 42.6 Å². The predicted octanol–water partition coefficient (Wildman–Crippen LogP) is 11.5. The first-order chi connectivity index (χ1) is 65.1. The topological polar surface area (TPSA) is 416 Å². The molecular weight excluding hydrogens is 1920 g/mol. The number of anilines is 2. The van der Waals surface area contributed by atoms with Crippen LogP contribution in [0.1, 0.15) is 207 Å². The maximum atomic E-state index is 14.5. The van der Waals surface area contributed by atoms with E-state index in [0.29, 0.717) is 121 Å². The molecule has 5 saturated heterocycles. The Labute approximate surface area is 823 Å². The third-order valence-electron chi connectivity index (χ3n) is 26.0. The zero-order valence-corrected chi connectivity index (χ0v) is 85.1. The summed E-state index contributed by atoms with van der Waals surface area (Å²) in [6.45, 7) is 29.0. The monoisotopic (exact) mass is 2060 g/mol. The number of likely N-dealkylation sites (tertiary alicyclic amines) is 1. The highest BCUT2D eigenvalue weighted by Gasteiger charge is 2.80. The molecule has 0 bridgehead atoms. The fourth-order valence-corrected chi connectivity index (χ4v) is 25.9. The van der Waals surface area contributed by atoms with E-state index in [1.807, 2.05) is 39.6 Å². The second-order valence-corrected chi connectivity index (χ2v) is 41.3. The van der Waals surface area contributed by atoms with E-state index in [2.05, 4.69) is 96.5 Å². The van der Waals surface area contributed by atoms with Crippen molar-refractivity contribution < 1.29 is 106 Å². The molecule has 11 rings (SSSR count). The molecule has 5 fully saturated rings. The van der Waals surface area contributed by atoms with Gasteiger partial charge in [-0.15, -0.1) is 34.9 Å². The number of phenolic OH excluding ortho intramolecular Hbond substituents is 1. The normalized spacial score (nSPS) is 21.9. The van der Waals surface area contributed by atoms with Gasteiger partial charge in [-0.3, -0.25) is 62.6 Å². The summed E-state index contributed by atoms with van der Waals surface area (Å²) in [4.78, 5) is 169. The number of unbranched alkanes of at least 4 members (excludes halogenated alkanes) is 2. The number of piperidine rings is 1. The van der Waals surface area contributed by atoms with E-state index in [-0.39, 0.29) is 204 Å². The number of carbonyl (C=O) groups is 11. The zero-order valence-electron chi connectivity index (χ0n) is 80.5. The Hall–Kier alpha value is -9.20. The van der Waals surface area contributed by atoms with E-state index >= 15 is 0 Å². The first-order valence-corrected chi connectivity index (χ1v) is 50.9. The van der Waals surface area contributed by atoms with Crippen LogP contribution in [0, 0.1) is 23.7 Å². The number of aromatic hydroxyl groups is 1. The molecule has 136 heavy (non-hydrogen) atoms. The van der Waals surface area contributed by atoms with E-state index in [9.17, 15) is 63.0 Å². The van der Waals surface area contributed by atoms with Gasteiger partial charge in [0.05, 0.1) is 145 Å². The summed E-state index contributed by atoms with van der Waals surface area (Å²) < 4.78 is 55.5. The number of esters is 1. The number of carboxylic acids is 1. The number of hydrogen-bond donors (Lipinski definition) is 7. The smallest absolute Gasteiger partial charge is 0.306 e. The molecular formula is C97H136IN13O22S3. The molecule has 746 valence electrons. The maximum Gasteiger partial charge on any atom is 0.306 e. The molecule has 39 heteroatoms. The number of amides is 9. The van der Waals surface area contributed by atoms with Crippen molar-refractivity contribution in [3.8, 4) is 28.7 Å². The highest BCUT2D eigenvalue weighted by molar-refractivity contribution is 14.1. The Kier molecular flexibility index (Phi) is 39.5. The van der Waals surface area contributed by atoms with Crippen LogP contribution in [-0.4, -0.2) is 299 Å². The van der Waals surface area contributed by atoms with Gasteiger partial charge in [0, 0.05) is 112 Å². The van der Waals surface area contributed by atoms with E-state index in [1.54, 1.807) is 63.2 Å². The summed E-state index contributed by atoms with van der Waals surface area (Å²) in [7, 11) is 6.64. The molecule has 7 N–H and O–H groups in total. The Balaban J connectivity index is 0.594. The predicted molar refractivity (Wildman–Crippen MR) is 528 cm³/mol. The number of carboxylic acid groups (broad SMARTS) is 1. The van der Waals surface area contributed by atoms with Crippen LogP contribution in [0.15, 0.2) is 77.1 Å². The van der Waals surface area contributed by atoms with Gasteiger partial charge in [0.15, 0.2) is 29.1 Å². The number of phenols is 1. The van der Waals surface area contributed by atoms with Crippen molar-refractivity contribution in [3.05, 3.63) is 99.5 Å². The van der Waals surface area contributed by atoms with Crippen LogP contribution in [0.2, 0.25) is 0 Å². The molecule has 0 spiro atoms. The number of halogens is 1. The minimum atomic E-state index is -1.09. The van der Waals surface area contributed by atoms with Gasteiger partial charge in [0.2, 0.25) is 35.4 Å². The molecule has 0 radical (unpaired) electrons. The highest BCUT2D eigenvalue weighted by atomic mass is 127. The number of thiazole rings is 1. The number of aromatic nitrogens is 1. The van der Waals surface area contributed by atoms with Gasteiger partial charge in [0.1, 0.15) is 42.7 Å². The Morgan fingerprint density at radius 1 is 0.721 bits per heavy atom. The number of ether oxygens (including phenoxy) is 9. The molecule has 35 nitrogen and oxygen atoms in total. The van der Waals surface area contributed by atoms with Crippen LogP contribution in [0.5, 0.6) is 28.7 Å². The lowest BCUT2D eigenvalue weighted by atomic mass is 9.92. The number of nitrogens with zero attached hydrogens (tertiary/aromatic N) is 8. The van der Waals surface area contributed by atoms with Gasteiger partial charge in [-0.2, -0.15) is 0 Å². The van der Waals surface area contributed by atoms with Crippen molar-refractivity contribution in [2.45, 2.75) is 228 Å². The molecule has 3 aromatic carbocycles. The number of carbonyl (C=O) groups excluding carboxylic acids is 10. The van der Waals surface area contributed by atoms with Crippen LogP contribution >= 0.6 is 57.7 Å². The van der Waals surface area contributed by atoms with Crippen LogP contribution in [0.3, 0.4) is 0 Å². The minimum absolute atomic E-state index is 0.00141. The number of benzene rings is 3. The Bertz CT molecular complexity index is 4970. The second-order valence-electron chi connectivity index (χ2n) is 36.6. The molecule has 4 aromatic rings. The van der Waals surface area contributed by atoms with Gasteiger partial charge in [-0.1, -0.05) is 105 Å². The average Bonchev–Trinajstić information content (AvgIpc) is 1.48. The lowest BCUT2D eigenvalue weighted by Crippen LogP contribution is -2.58. The molecule has 7 aliphatic rings. The molecule has 7 aliphatic heterocycles. The van der Waals surface area contributed by atoms with Crippen molar-refractivity contribution in [2.75, 3.05) is 144 Å². The summed E-state index contributed by atoms with van der Waals surface area (Å²) in [6.07, 6.45) is 9.12. The van der Waals surface area contributed by atoms with Gasteiger partial charge in [-0.05, 0) is 125 Å². The van der Waals surface area contributed by atoms with Crippen molar-refractivity contribution in [3.63, 3.8) is 0 Å². The Morgan fingerprint density at radius 2 is 1.35 bits per heavy atom. The third kappa shape index (κ3) is 26.7. The number of likely N-dealkylation sites (N-methyl/N-ethyl adjacent to an activating group) is 2. The summed E-state index contributed by atoms with van der Waals surface area (Å²) in [5.41, 5.74) is 4.18. The van der Waals surface area contributed by atoms with E-state index < -0.39 is 69.3 Å². The molecule has 6 unspecified atom stereocenters. The number of aliphatic imine (C=N–C) groups is 1. The number of methoxy groups -OCH3 is 2. The number of fused-ring (bicyclic) bond motifs is 5. The molecule has 0 aliphatic carbocycles. The standard InChI is InChI=1S/C97H136IN13O22S3/c1-16-28-96-97(58(5)6,111(96)98)136-86(90(119)100-30-37-130-41-39-128-35-27-83(115)110-55-67-43-60(8)54-109(67)93(121)69-48-78(126-15)80(51-75(69)110)132-33-22-18-21-32-131-79-49-70-68(47-77(79)125-14)92(120)108-53-59(7)42-66(108)52-101-70)85(135-96)89(118)99-29-36-129-40-38-127-34-26-82(114)103-71-46-64(24-25-76(71)113)45-65(44-62(10)95(123)124)102-87(116)72-56-134-91(104-72)81(133-63(11)112)50-74(57(3)4)107(13)94(122)84(61(9)17-2)105-88(117)73-23-19-20-31-106(73)12/h24-25,46-49,51-52,56-58,61-62,65-67,73-74,81,84-86,113H,7-8,16-23,26-45,50,53-55H2,1-6,9-15H3,(H,99,118)(H,100,119)(H,102,116)(H,103,114)(H,105,117)(H,123,124)/t61-,62?,65+,66-,67-,73+,74+,81+,84-,85?,86?,96?,97?,111?/m0/s1. The molecule has 8 heterocycles. The number of hydrogen-bond acceptors (Lipinski definition) is 28. The lowest BCUT2D eigenvalue weighted by Gasteiger charge is -2.38. The highest BCUT2D eigenvalue weighted by Crippen LogP contribution is 2.76. The number of rotatable bonds is 52. The average molecular weight is 2060 g/mol. The van der Waals surface area contributed by atoms with Gasteiger partial charge in [-0.25, -0.2) is 8.10 Å². The van der Waals surface area contributed by atoms with Crippen molar-refractivity contribution in [1.82, 2.24) is 49.0 Å². The van der Waals surface area contributed by atoms with Crippen LogP contribution in [0.4, 0.5) is 17.1 Å². The Morgan fingerprint density at radius 3 is 1.97 bits per heavy atom. The molecule has 0 saturated carbocycles. The first kappa shape index (κ1) is 107. The van der Waals surface area contributed by atoms with Crippen LogP contribution < -0.4 is 50.4 Å². The number of thioether (sulfide) groups is 2. The molecule has 9 amide bonds. The largest absolute Gasteiger partial charge is 0.506 e. The maximum absolute atomic E-state index is 14.5. The fourth-order valence-electron chi connectivity index (χ4n) is 18.4. The number of aliphatic carboxylic acids is 1. The van der Waals surface area contributed by atoms with Gasteiger partial charge in [0.25, 0.3) is 17.7 Å². The second kappa shape index (κ2) is 50.1. The summed E-state index contributed by atoms with van der Waals surface area (Å²) in [6, 6.07) is 8.42. The fraction of sp³-hybridized carbons (Fsp3) is 0.619. The van der Waals surface area contributed by atoms with Gasteiger partial charge >= 0.3 is 11.9 Å². The minimum Gasteiger partial charge on any atom is -0.506 e. The lowest BCUT2D eigenvalue weighted by molar-refractivity contribution is -0.149. The molecule has 14 atom stereocenters. The molecule has 1 aromatic heterocycles. The quantitative estimate of drug-likeness (QED) is 0.00410. The van der Waals surface area contributed by atoms with Crippen molar-refractivity contribution in [2.24, 2.45) is 28.7 Å². The summed E-state index contributed by atoms with van der Waals surface area (Å²) in [5, 5.41) is 36.0. The summed E-state index contributed by atoms with van der Waals surface area (Å²) in [5.74, 6) is -4.16. The zero-order chi connectivity index (χ0) is 98.4. The first-order valence-electron chi connectivity index (χ1n) is 47.3. The summed E-state index contributed by atoms with van der Waals surface area (Å²) >= 11 is 6.48. The van der Waals surface area contributed by atoms with Crippen LogP contribution in [-0.2, 0) is 68.5 Å². The van der Waals surface area contributed by atoms with Crippen LogP contribution in [0.25, 0.3) is 0 Å². The van der Waals surface area contributed by atoms with E-state index in [1.165, 1.54) is 69.1 Å². The number of nitrogens with one attached hydrogen (secondary N) is 5.